The van der Waals surface area contributed by atoms with E-state index in [0.717, 1.165) is 65.1 Å². The summed E-state index contributed by atoms with van der Waals surface area (Å²) in [7, 11) is 1.39. The minimum absolute atomic E-state index is 0.201. The van der Waals surface area contributed by atoms with Crippen LogP contribution in [0.25, 0.3) is 44.8 Å². The molecule has 0 aliphatic heterocycles. The first-order valence-corrected chi connectivity index (χ1v) is 14.0. The Morgan fingerprint density at radius 3 is 2.32 bits per heavy atom. The van der Waals surface area contributed by atoms with E-state index in [0.29, 0.717) is 17.7 Å². The Bertz CT molecular complexity index is 1850. The smallest absolute Gasteiger partial charge is 0.337 e. The molecule has 2 heterocycles. The van der Waals surface area contributed by atoms with Gasteiger partial charge in [-0.2, -0.15) is 0 Å². The van der Waals surface area contributed by atoms with Gasteiger partial charge in [0.25, 0.3) is 0 Å². The lowest BCUT2D eigenvalue weighted by Crippen LogP contribution is -2.06. The van der Waals surface area contributed by atoms with Crippen molar-refractivity contribution in [2.24, 2.45) is 0 Å². The highest BCUT2D eigenvalue weighted by molar-refractivity contribution is 5.97. The second-order valence-corrected chi connectivity index (χ2v) is 10.1. The number of fused-ring (bicyclic) bond motifs is 2. The molecule has 1 N–H and O–H groups in total. The Morgan fingerprint density at radius 2 is 1.54 bits per heavy atom. The molecule has 0 fully saturated rings. The first kappa shape index (κ1) is 26.3. The number of para-hydroxylation sites is 2. The molecule has 2 aromatic heterocycles. The largest absolute Gasteiger partial charge is 0.507 e. The molecule has 0 bridgehead atoms. The van der Waals surface area contributed by atoms with Crippen LogP contribution in [-0.4, -0.2) is 37.3 Å². The van der Waals surface area contributed by atoms with Gasteiger partial charge < -0.3 is 19.0 Å². The van der Waals surface area contributed by atoms with Crippen molar-refractivity contribution in [2.75, 3.05) is 7.11 Å². The maximum absolute atomic E-state index is 12.3. The second-order valence-electron chi connectivity index (χ2n) is 10.1. The number of phenols is 1. The highest BCUT2D eigenvalue weighted by Crippen LogP contribution is 2.37. The standard InChI is InChI=1S/C34H32N4O3/c1-3-4-20-38-31-26(14-10-15-27(31)35-32(38)25-13-8-9-16-30(25)39)33-36-28-22-24(34(40)41-2)17-18-29(28)37(33)21-19-23-11-6-5-7-12-23/h5-18,22,39H,3-4,19-21H2,1-2H3. The molecule has 4 aromatic carbocycles. The molecule has 0 spiro atoms. The van der Waals surface area contributed by atoms with Crippen LogP contribution in [0.1, 0.15) is 35.7 Å². The van der Waals surface area contributed by atoms with E-state index in [-0.39, 0.29) is 11.7 Å². The summed E-state index contributed by atoms with van der Waals surface area (Å²) in [5, 5.41) is 10.7. The van der Waals surface area contributed by atoms with Gasteiger partial charge >= 0.3 is 5.97 Å². The quantitative estimate of drug-likeness (QED) is 0.194. The zero-order chi connectivity index (χ0) is 28.3. The Kier molecular flexibility index (Phi) is 7.25. The lowest BCUT2D eigenvalue weighted by atomic mass is 10.1. The van der Waals surface area contributed by atoms with Gasteiger partial charge in [0, 0.05) is 18.7 Å². The average molecular weight is 545 g/mol. The van der Waals surface area contributed by atoms with E-state index in [1.54, 1.807) is 18.2 Å². The van der Waals surface area contributed by atoms with Gasteiger partial charge in [-0.1, -0.05) is 61.9 Å². The lowest BCUT2D eigenvalue weighted by Gasteiger charge is -2.14. The molecule has 206 valence electrons. The maximum atomic E-state index is 12.3. The lowest BCUT2D eigenvalue weighted by molar-refractivity contribution is 0.0601. The second kappa shape index (κ2) is 11.3. The van der Waals surface area contributed by atoms with Crippen LogP contribution in [0, 0.1) is 0 Å². The molecule has 6 rings (SSSR count). The van der Waals surface area contributed by atoms with E-state index in [9.17, 15) is 9.90 Å². The Balaban J connectivity index is 1.58. The molecule has 6 aromatic rings. The maximum Gasteiger partial charge on any atom is 0.337 e. The van der Waals surface area contributed by atoms with Crippen LogP contribution in [0.3, 0.4) is 0 Å². The molecule has 7 heteroatoms. The minimum atomic E-state index is -0.390. The number of rotatable bonds is 9. The van der Waals surface area contributed by atoms with Gasteiger partial charge in [-0.05, 0) is 60.9 Å². The van der Waals surface area contributed by atoms with Crippen molar-refractivity contribution in [3.8, 4) is 28.5 Å². The first-order chi connectivity index (χ1) is 20.1. The topological polar surface area (TPSA) is 82.2 Å². The predicted octanol–water partition coefficient (Wildman–Crippen LogP) is 7.26. The van der Waals surface area contributed by atoms with Crippen LogP contribution >= 0.6 is 0 Å². The Morgan fingerprint density at radius 1 is 0.805 bits per heavy atom. The minimum Gasteiger partial charge on any atom is -0.507 e. The summed E-state index contributed by atoms with van der Waals surface area (Å²) >= 11 is 0. The van der Waals surface area contributed by atoms with Crippen molar-refractivity contribution in [2.45, 2.75) is 39.3 Å². The summed E-state index contributed by atoms with van der Waals surface area (Å²) < 4.78 is 9.42. The monoisotopic (exact) mass is 544 g/mol. The molecule has 7 nitrogen and oxygen atoms in total. The van der Waals surface area contributed by atoms with Crippen LogP contribution in [0.4, 0.5) is 0 Å². The van der Waals surface area contributed by atoms with Gasteiger partial charge in [-0.3, -0.25) is 0 Å². The zero-order valence-corrected chi connectivity index (χ0v) is 23.2. The Hall–Kier alpha value is -4.91. The molecule has 0 unspecified atom stereocenters. The van der Waals surface area contributed by atoms with Gasteiger partial charge in [0.2, 0.25) is 0 Å². The molecular formula is C34H32N4O3. The third-order valence-corrected chi connectivity index (χ3v) is 7.52. The number of imidazole rings is 2. The molecule has 0 amide bonds. The fraction of sp³-hybridized carbons (Fsp3) is 0.206. The number of benzene rings is 4. The molecule has 0 atom stereocenters. The summed E-state index contributed by atoms with van der Waals surface area (Å²) in [5.41, 5.74) is 6.85. The van der Waals surface area contributed by atoms with Crippen molar-refractivity contribution in [1.82, 2.24) is 19.1 Å². The normalized spacial score (nSPS) is 11.4. The van der Waals surface area contributed by atoms with E-state index < -0.39 is 0 Å². The van der Waals surface area contributed by atoms with E-state index in [2.05, 4.69) is 46.4 Å². The number of unbranched alkanes of at least 4 members (excludes halogenated alkanes) is 1. The van der Waals surface area contributed by atoms with Crippen molar-refractivity contribution >= 4 is 28.0 Å². The van der Waals surface area contributed by atoms with E-state index in [1.807, 2.05) is 42.5 Å². The summed E-state index contributed by atoms with van der Waals surface area (Å²) in [6, 6.07) is 29.4. The van der Waals surface area contributed by atoms with Crippen molar-refractivity contribution in [3.63, 3.8) is 0 Å². The fourth-order valence-electron chi connectivity index (χ4n) is 5.46. The summed E-state index contributed by atoms with van der Waals surface area (Å²) in [6.45, 7) is 3.63. The number of ether oxygens (including phenoxy) is 1. The van der Waals surface area contributed by atoms with Crippen LogP contribution in [-0.2, 0) is 24.2 Å². The fourth-order valence-corrected chi connectivity index (χ4v) is 5.46. The van der Waals surface area contributed by atoms with Gasteiger partial charge in [0.15, 0.2) is 0 Å². The van der Waals surface area contributed by atoms with Crippen molar-refractivity contribution in [1.29, 1.82) is 0 Å². The van der Waals surface area contributed by atoms with Gasteiger partial charge in [0.05, 0.1) is 40.3 Å². The third-order valence-electron chi connectivity index (χ3n) is 7.52. The van der Waals surface area contributed by atoms with Crippen LogP contribution in [0.2, 0.25) is 0 Å². The number of hydrogen-bond donors (Lipinski definition) is 1. The number of phenolic OH excluding ortho intramolecular Hbond substituents is 1. The number of aromatic nitrogens is 4. The molecule has 0 aliphatic carbocycles. The zero-order valence-electron chi connectivity index (χ0n) is 23.2. The number of esters is 1. The summed E-state index contributed by atoms with van der Waals surface area (Å²) in [6.07, 6.45) is 2.81. The number of carbonyl (C=O) groups is 1. The number of nitrogens with zero attached hydrogens (tertiary/aromatic N) is 4. The van der Waals surface area contributed by atoms with Crippen LogP contribution in [0.5, 0.6) is 5.75 Å². The number of aryl methyl sites for hydroxylation is 3. The highest BCUT2D eigenvalue weighted by Gasteiger charge is 2.22. The van der Waals surface area contributed by atoms with E-state index in [1.165, 1.54) is 12.7 Å². The third kappa shape index (κ3) is 4.95. The SMILES string of the molecule is CCCCn1c(-c2ccccc2O)nc2cccc(-c3nc4cc(C(=O)OC)ccc4n3CCc3ccccc3)c21. The number of carbonyl (C=O) groups excluding carboxylic acids is 1. The van der Waals surface area contributed by atoms with E-state index in [4.69, 9.17) is 14.7 Å². The number of aromatic hydroxyl groups is 1. The summed E-state index contributed by atoms with van der Waals surface area (Å²) in [4.78, 5) is 22.4. The number of hydrogen-bond acceptors (Lipinski definition) is 5. The molecule has 41 heavy (non-hydrogen) atoms. The Labute approximate surface area is 238 Å². The van der Waals surface area contributed by atoms with Crippen molar-refractivity contribution in [3.05, 3.63) is 102 Å². The molecule has 0 radical (unpaired) electrons. The average Bonchev–Trinajstić information content (AvgIpc) is 3.57. The van der Waals surface area contributed by atoms with Gasteiger partial charge in [-0.25, -0.2) is 14.8 Å². The van der Waals surface area contributed by atoms with E-state index >= 15 is 0 Å². The number of methoxy groups -OCH3 is 1. The highest BCUT2D eigenvalue weighted by atomic mass is 16.5. The van der Waals surface area contributed by atoms with Crippen LogP contribution < -0.4 is 0 Å². The predicted molar refractivity (Wildman–Crippen MR) is 162 cm³/mol. The molecule has 0 aliphatic rings. The molecule has 0 saturated heterocycles. The molecule has 0 saturated carbocycles. The first-order valence-electron chi connectivity index (χ1n) is 14.0. The summed E-state index contributed by atoms with van der Waals surface area (Å²) in [5.74, 6) is 1.36. The van der Waals surface area contributed by atoms with Crippen molar-refractivity contribution < 1.29 is 14.6 Å². The molecular weight excluding hydrogens is 512 g/mol. The van der Waals surface area contributed by atoms with Gasteiger partial charge in [-0.15, -0.1) is 0 Å². The van der Waals surface area contributed by atoms with Gasteiger partial charge in [0.1, 0.15) is 17.4 Å². The van der Waals surface area contributed by atoms with Crippen LogP contribution in [0.15, 0.2) is 91.0 Å².